The Morgan fingerprint density at radius 2 is 2.38 bits per heavy atom. The topological polar surface area (TPSA) is 67.2 Å². The van der Waals surface area contributed by atoms with Crippen LogP contribution in [0.5, 0.6) is 0 Å². The van der Waals surface area contributed by atoms with Crippen molar-refractivity contribution in [1.29, 1.82) is 0 Å². The van der Waals surface area contributed by atoms with Gasteiger partial charge in [0.15, 0.2) is 0 Å². The molecule has 0 spiro atoms. The Labute approximate surface area is 95.5 Å². The zero-order valence-corrected chi connectivity index (χ0v) is 10.0. The lowest BCUT2D eigenvalue weighted by atomic mass is 10.2. The highest BCUT2D eigenvalue weighted by Gasteiger charge is 2.06. The predicted molar refractivity (Wildman–Crippen MR) is 60.7 cm³/mol. The van der Waals surface area contributed by atoms with E-state index in [0.29, 0.717) is 19.4 Å². The predicted octanol–water partition coefficient (Wildman–Crippen LogP) is 0.506. The van der Waals surface area contributed by atoms with Crippen molar-refractivity contribution in [2.45, 2.75) is 39.3 Å². The largest absolute Gasteiger partial charge is 0.393 e. The molecule has 0 saturated heterocycles. The minimum absolute atomic E-state index is 0.0378. The van der Waals surface area contributed by atoms with E-state index >= 15 is 0 Å². The van der Waals surface area contributed by atoms with Crippen LogP contribution in [0.1, 0.15) is 31.0 Å². The van der Waals surface area contributed by atoms with Crippen LogP contribution in [0.4, 0.5) is 0 Å². The van der Waals surface area contributed by atoms with Gasteiger partial charge in [0.1, 0.15) is 0 Å². The van der Waals surface area contributed by atoms with Gasteiger partial charge in [-0.05, 0) is 20.3 Å². The number of aliphatic hydroxyl groups is 1. The molecular formula is C11H19N3O2. The van der Waals surface area contributed by atoms with Crippen LogP contribution in [-0.4, -0.2) is 26.9 Å². The summed E-state index contributed by atoms with van der Waals surface area (Å²) in [6.07, 6.45) is 2.32. The summed E-state index contributed by atoms with van der Waals surface area (Å²) in [5.41, 5.74) is 1.95. The average Bonchev–Trinajstić information content (AvgIpc) is 2.51. The summed E-state index contributed by atoms with van der Waals surface area (Å²) in [5, 5.41) is 16.0. The third-order valence-corrected chi connectivity index (χ3v) is 2.38. The van der Waals surface area contributed by atoms with Crippen LogP contribution in [-0.2, 0) is 18.4 Å². The molecule has 0 fully saturated rings. The van der Waals surface area contributed by atoms with Crippen molar-refractivity contribution >= 4 is 5.91 Å². The molecule has 1 rings (SSSR count). The van der Waals surface area contributed by atoms with Gasteiger partial charge in [0.25, 0.3) is 0 Å². The van der Waals surface area contributed by atoms with E-state index in [2.05, 4.69) is 10.4 Å². The maximum absolute atomic E-state index is 11.4. The van der Waals surface area contributed by atoms with Gasteiger partial charge in [-0.3, -0.25) is 9.48 Å². The van der Waals surface area contributed by atoms with E-state index in [1.165, 1.54) is 0 Å². The van der Waals surface area contributed by atoms with Gasteiger partial charge in [-0.25, -0.2) is 0 Å². The SMILES string of the molecule is Cc1nn(C)cc1CNC(=O)CCC(C)O. The molecule has 1 aromatic heterocycles. The summed E-state index contributed by atoms with van der Waals surface area (Å²) in [6.45, 7) is 4.09. The lowest BCUT2D eigenvalue weighted by Gasteiger charge is -2.05. The number of aliphatic hydroxyl groups excluding tert-OH is 1. The highest BCUT2D eigenvalue weighted by atomic mass is 16.3. The van der Waals surface area contributed by atoms with Gasteiger partial charge >= 0.3 is 0 Å². The number of amides is 1. The van der Waals surface area contributed by atoms with Crippen molar-refractivity contribution in [1.82, 2.24) is 15.1 Å². The van der Waals surface area contributed by atoms with Gasteiger partial charge in [0, 0.05) is 31.8 Å². The fourth-order valence-electron chi connectivity index (χ4n) is 1.44. The van der Waals surface area contributed by atoms with Gasteiger partial charge in [-0.2, -0.15) is 5.10 Å². The molecule has 0 aliphatic carbocycles. The van der Waals surface area contributed by atoms with Crippen LogP contribution >= 0.6 is 0 Å². The summed E-state index contributed by atoms with van der Waals surface area (Å²) < 4.78 is 1.73. The van der Waals surface area contributed by atoms with E-state index in [-0.39, 0.29) is 5.91 Å². The Bertz CT molecular complexity index is 358. The number of aryl methyl sites for hydroxylation is 2. The molecule has 5 heteroatoms. The Hall–Kier alpha value is -1.36. The zero-order chi connectivity index (χ0) is 12.1. The molecule has 5 nitrogen and oxygen atoms in total. The van der Waals surface area contributed by atoms with Crippen LogP contribution in [0, 0.1) is 6.92 Å². The van der Waals surface area contributed by atoms with Crippen LogP contribution in [0.25, 0.3) is 0 Å². The minimum Gasteiger partial charge on any atom is -0.393 e. The summed E-state index contributed by atoms with van der Waals surface area (Å²) in [7, 11) is 1.85. The highest BCUT2D eigenvalue weighted by Crippen LogP contribution is 2.04. The van der Waals surface area contributed by atoms with Crippen LogP contribution in [0.15, 0.2) is 6.20 Å². The average molecular weight is 225 g/mol. The second-order valence-electron chi connectivity index (χ2n) is 4.08. The van der Waals surface area contributed by atoms with Crippen LogP contribution in [0.3, 0.4) is 0 Å². The number of nitrogens with one attached hydrogen (secondary N) is 1. The van der Waals surface area contributed by atoms with Crippen molar-refractivity contribution in [3.05, 3.63) is 17.5 Å². The molecule has 1 unspecified atom stereocenters. The molecule has 0 radical (unpaired) electrons. The molecule has 1 amide bonds. The number of hydrogen-bond acceptors (Lipinski definition) is 3. The van der Waals surface area contributed by atoms with Gasteiger partial charge in [0.05, 0.1) is 11.8 Å². The number of aromatic nitrogens is 2. The lowest BCUT2D eigenvalue weighted by Crippen LogP contribution is -2.23. The monoisotopic (exact) mass is 225 g/mol. The second kappa shape index (κ2) is 5.65. The normalized spacial score (nSPS) is 12.5. The lowest BCUT2D eigenvalue weighted by molar-refractivity contribution is -0.121. The Morgan fingerprint density at radius 1 is 1.69 bits per heavy atom. The van der Waals surface area contributed by atoms with Crippen molar-refractivity contribution in [3.8, 4) is 0 Å². The standard InChI is InChI=1S/C11H19N3O2/c1-8(15)4-5-11(16)12-6-10-7-14(3)13-9(10)2/h7-8,15H,4-6H2,1-3H3,(H,12,16). The van der Waals surface area contributed by atoms with E-state index in [1.54, 1.807) is 11.6 Å². The zero-order valence-electron chi connectivity index (χ0n) is 10.0. The molecule has 16 heavy (non-hydrogen) atoms. The summed E-state index contributed by atoms with van der Waals surface area (Å²) >= 11 is 0. The molecule has 0 aliphatic heterocycles. The molecule has 0 bridgehead atoms. The Kier molecular flexibility index (Phi) is 4.49. The van der Waals surface area contributed by atoms with E-state index in [0.717, 1.165) is 11.3 Å². The molecule has 1 heterocycles. The molecule has 90 valence electrons. The van der Waals surface area contributed by atoms with Crippen molar-refractivity contribution in [3.63, 3.8) is 0 Å². The minimum atomic E-state index is -0.425. The van der Waals surface area contributed by atoms with Gasteiger partial charge in [-0.1, -0.05) is 0 Å². The van der Waals surface area contributed by atoms with Gasteiger partial charge in [0.2, 0.25) is 5.91 Å². The first kappa shape index (κ1) is 12.7. The molecule has 1 aromatic rings. The van der Waals surface area contributed by atoms with Crippen molar-refractivity contribution in [2.75, 3.05) is 0 Å². The molecular weight excluding hydrogens is 206 g/mol. The van der Waals surface area contributed by atoms with Crippen molar-refractivity contribution in [2.24, 2.45) is 7.05 Å². The Balaban J connectivity index is 2.34. The van der Waals surface area contributed by atoms with Crippen molar-refractivity contribution < 1.29 is 9.90 Å². The molecule has 0 saturated carbocycles. The first-order valence-electron chi connectivity index (χ1n) is 5.43. The Morgan fingerprint density at radius 3 is 2.88 bits per heavy atom. The summed E-state index contributed by atoms with van der Waals surface area (Å²) in [4.78, 5) is 11.4. The molecule has 0 aromatic carbocycles. The van der Waals surface area contributed by atoms with Crippen LogP contribution < -0.4 is 5.32 Å². The molecule has 1 atom stereocenters. The van der Waals surface area contributed by atoms with E-state index in [4.69, 9.17) is 5.11 Å². The third-order valence-electron chi connectivity index (χ3n) is 2.38. The highest BCUT2D eigenvalue weighted by molar-refractivity contribution is 5.75. The number of nitrogens with zero attached hydrogens (tertiary/aromatic N) is 2. The smallest absolute Gasteiger partial charge is 0.220 e. The third kappa shape index (κ3) is 4.02. The van der Waals surface area contributed by atoms with Gasteiger partial charge in [-0.15, -0.1) is 0 Å². The molecule has 2 N–H and O–H groups in total. The maximum Gasteiger partial charge on any atom is 0.220 e. The second-order valence-corrected chi connectivity index (χ2v) is 4.08. The number of carbonyl (C=O) groups is 1. The van der Waals surface area contributed by atoms with E-state index < -0.39 is 6.10 Å². The van der Waals surface area contributed by atoms with Gasteiger partial charge < -0.3 is 10.4 Å². The number of carbonyl (C=O) groups excluding carboxylic acids is 1. The summed E-state index contributed by atoms with van der Waals surface area (Å²) in [6, 6.07) is 0. The van der Waals surface area contributed by atoms with E-state index in [1.807, 2.05) is 20.2 Å². The molecule has 0 aliphatic rings. The summed E-state index contributed by atoms with van der Waals surface area (Å²) in [5.74, 6) is -0.0378. The fraction of sp³-hybridized carbons (Fsp3) is 0.636. The first-order valence-corrected chi connectivity index (χ1v) is 5.43. The number of rotatable bonds is 5. The fourth-order valence-corrected chi connectivity index (χ4v) is 1.44. The maximum atomic E-state index is 11.4. The van der Waals surface area contributed by atoms with E-state index in [9.17, 15) is 4.79 Å². The quantitative estimate of drug-likeness (QED) is 0.767. The first-order chi connectivity index (χ1) is 7.49. The number of hydrogen-bond donors (Lipinski definition) is 2. The van der Waals surface area contributed by atoms with Crippen LogP contribution in [0.2, 0.25) is 0 Å².